The maximum atomic E-state index is 12.6. The summed E-state index contributed by atoms with van der Waals surface area (Å²) in [6, 6.07) is 20.3. The van der Waals surface area contributed by atoms with Crippen LogP contribution in [0.5, 0.6) is 0 Å². The summed E-state index contributed by atoms with van der Waals surface area (Å²) in [4.78, 5) is 23.6. The molecular formula is C22H22N6O. The van der Waals surface area contributed by atoms with Crippen LogP contribution in [0.25, 0.3) is 11.4 Å². The summed E-state index contributed by atoms with van der Waals surface area (Å²) >= 11 is 0. The van der Waals surface area contributed by atoms with Crippen LogP contribution in [0, 0.1) is 11.3 Å². The maximum Gasteiger partial charge on any atom is 0.270 e. The van der Waals surface area contributed by atoms with E-state index in [2.05, 4.69) is 26.7 Å². The van der Waals surface area contributed by atoms with Crippen molar-refractivity contribution in [2.75, 3.05) is 32.5 Å². The molecule has 29 heavy (non-hydrogen) atoms. The Morgan fingerprint density at radius 1 is 1.07 bits per heavy atom. The van der Waals surface area contributed by atoms with E-state index in [1.807, 2.05) is 55.4 Å². The van der Waals surface area contributed by atoms with Gasteiger partial charge in [0.25, 0.3) is 5.91 Å². The molecule has 0 saturated carbocycles. The predicted octanol–water partition coefficient (Wildman–Crippen LogP) is 3.05. The molecule has 0 saturated heterocycles. The van der Waals surface area contributed by atoms with Crippen molar-refractivity contribution in [3.63, 3.8) is 0 Å². The standard InChI is InChI=1S/C22H22N6O/c1-28(2)12-11-24-22(29)19-14-20(25-18-10-6-7-16(13-18)15-23)27-21(26-19)17-8-4-3-5-9-17/h3-10,13-14H,11-12H2,1-2H3,(H,24,29)(H,25,26,27). The van der Waals surface area contributed by atoms with Crippen LogP contribution in [0.1, 0.15) is 16.1 Å². The zero-order chi connectivity index (χ0) is 20.6. The lowest BCUT2D eigenvalue weighted by atomic mass is 10.2. The fraction of sp³-hybridized carbons (Fsp3) is 0.182. The summed E-state index contributed by atoms with van der Waals surface area (Å²) in [5, 5.41) is 15.1. The molecule has 0 bridgehead atoms. The van der Waals surface area contributed by atoms with E-state index in [0.717, 1.165) is 12.1 Å². The highest BCUT2D eigenvalue weighted by Crippen LogP contribution is 2.21. The number of benzene rings is 2. The highest BCUT2D eigenvalue weighted by molar-refractivity contribution is 5.93. The van der Waals surface area contributed by atoms with Crippen molar-refractivity contribution >= 4 is 17.4 Å². The highest BCUT2D eigenvalue weighted by atomic mass is 16.1. The van der Waals surface area contributed by atoms with Gasteiger partial charge >= 0.3 is 0 Å². The Morgan fingerprint density at radius 2 is 1.86 bits per heavy atom. The molecule has 1 heterocycles. The summed E-state index contributed by atoms with van der Waals surface area (Å²) in [5.41, 5.74) is 2.33. The molecule has 2 N–H and O–H groups in total. The normalized spacial score (nSPS) is 10.4. The molecule has 0 fully saturated rings. The van der Waals surface area contributed by atoms with E-state index >= 15 is 0 Å². The molecule has 146 valence electrons. The second-order valence-electron chi connectivity index (χ2n) is 6.70. The van der Waals surface area contributed by atoms with Crippen molar-refractivity contribution < 1.29 is 4.79 Å². The molecule has 7 heteroatoms. The summed E-state index contributed by atoms with van der Waals surface area (Å²) in [7, 11) is 3.89. The van der Waals surface area contributed by atoms with Gasteiger partial charge in [0.1, 0.15) is 11.5 Å². The lowest BCUT2D eigenvalue weighted by Gasteiger charge is -2.12. The highest BCUT2D eigenvalue weighted by Gasteiger charge is 2.13. The average molecular weight is 386 g/mol. The SMILES string of the molecule is CN(C)CCNC(=O)c1cc(Nc2cccc(C#N)c2)nc(-c2ccccc2)n1. The third kappa shape index (κ3) is 5.61. The third-order valence-corrected chi connectivity index (χ3v) is 4.10. The van der Waals surface area contributed by atoms with E-state index in [1.165, 1.54) is 0 Å². The van der Waals surface area contributed by atoms with Crippen molar-refractivity contribution in [3.8, 4) is 17.5 Å². The summed E-state index contributed by atoms with van der Waals surface area (Å²) in [6.07, 6.45) is 0. The van der Waals surface area contributed by atoms with E-state index in [-0.39, 0.29) is 11.6 Å². The van der Waals surface area contributed by atoms with Gasteiger partial charge in [0, 0.05) is 30.4 Å². The van der Waals surface area contributed by atoms with Gasteiger partial charge in [-0.3, -0.25) is 4.79 Å². The number of amides is 1. The molecule has 0 atom stereocenters. The van der Waals surface area contributed by atoms with Crippen LogP contribution >= 0.6 is 0 Å². The van der Waals surface area contributed by atoms with Crippen LogP contribution < -0.4 is 10.6 Å². The van der Waals surface area contributed by atoms with Gasteiger partial charge in [-0.15, -0.1) is 0 Å². The molecule has 0 radical (unpaired) electrons. The minimum atomic E-state index is -0.264. The minimum absolute atomic E-state index is 0.264. The molecule has 0 unspecified atom stereocenters. The number of aromatic nitrogens is 2. The number of nitrogens with zero attached hydrogens (tertiary/aromatic N) is 4. The fourth-order valence-corrected chi connectivity index (χ4v) is 2.64. The van der Waals surface area contributed by atoms with Crippen molar-refractivity contribution in [2.45, 2.75) is 0 Å². The van der Waals surface area contributed by atoms with Crippen LogP contribution in [0.2, 0.25) is 0 Å². The van der Waals surface area contributed by atoms with Crippen molar-refractivity contribution in [1.29, 1.82) is 5.26 Å². The molecule has 1 amide bonds. The zero-order valence-corrected chi connectivity index (χ0v) is 16.4. The Bertz CT molecular complexity index is 1030. The molecule has 1 aromatic heterocycles. The quantitative estimate of drug-likeness (QED) is 0.648. The maximum absolute atomic E-state index is 12.6. The number of hydrogen-bond donors (Lipinski definition) is 2. The van der Waals surface area contributed by atoms with E-state index in [1.54, 1.807) is 24.3 Å². The van der Waals surface area contributed by atoms with Gasteiger partial charge in [-0.1, -0.05) is 36.4 Å². The lowest BCUT2D eigenvalue weighted by Crippen LogP contribution is -2.32. The van der Waals surface area contributed by atoms with E-state index in [0.29, 0.717) is 29.4 Å². The molecule has 7 nitrogen and oxygen atoms in total. The van der Waals surface area contributed by atoms with Crippen LogP contribution in [0.15, 0.2) is 60.7 Å². The van der Waals surface area contributed by atoms with Gasteiger partial charge in [-0.25, -0.2) is 9.97 Å². The smallest absolute Gasteiger partial charge is 0.270 e. The van der Waals surface area contributed by atoms with E-state index < -0.39 is 0 Å². The number of rotatable bonds is 7. The Kier molecular flexibility index (Phi) is 6.51. The molecule has 0 aliphatic carbocycles. The Hall–Kier alpha value is -3.76. The van der Waals surface area contributed by atoms with E-state index in [4.69, 9.17) is 5.26 Å². The molecular weight excluding hydrogens is 364 g/mol. The number of likely N-dealkylation sites (N-methyl/N-ethyl adjacent to an activating group) is 1. The van der Waals surface area contributed by atoms with Gasteiger partial charge in [0.05, 0.1) is 11.6 Å². The van der Waals surface area contributed by atoms with E-state index in [9.17, 15) is 4.79 Å². The monoisotopic (exact) mass is 386 g/mol. The summed E-state index contributed by atoms with van der Waals surface area (Å²) in [6.45, 7) is 1.25. The van der Waals surface area contributed by atoms with Gasteiger partial charge in [-0.2, -0.15) is 5.26 Å². The van der Waals surface area contributed by atoms with Gasteiger partial charge in [0.2, 0.25) is 0 Å². The number of nitrogens with one attached hydrogen (secondary N) is 2. The number of carbonyl (C=O) groups is 1. The average Bonchev–Trinajstić information content (AvgIpc) is 2.74. The zero-order valence-electron chi connectivity index (χ0n) is 16.4. The van der Waals surface area contributed by atoms with Crippen LogP contribution in [-0.2, 0) is 0 Å². The number of anilines is 2. The van der Waals surface area contributed by atoms with Crippen LogP contribution in [0.3, 0.4) is 0 Å². The van der Waals surface area contributed by atoms with Gasteiger partial charge in [-0.05, 0) is 32.3 Å². The first kappa shape index (κ1) is 20.0. The van der Waals surface area contributed by atoms with Gasteiger partial charge in [0.15, 0.2) is 5.82 Å². The second-order valence-corrected chi connectivity index (χ2v) is 6.70. The van der Waals surface area contributed by atoms with Crippen molar-refractivity contribution in [3.05, 3.63) is 71.9 Å². The molecule has 3 rings (SSSR count). The molecule has 0 spiro atoms. The Labute approximate surface area is 170 Å². The first-order valence-corrected chi connectivity index (χ1v) is 9.20. The Balaban J connectivity index is 1.92. The minimum Gasteiger partial charge on any atom is -0.349 e. The molecule has 2 aromatic carbocycles. The lowest BCUT2D eigenvalue weighted by molar-refractivity contribution is 0.0946. The predicted molar refractivity (Wildman–Crippen MR) is 113 cm³/mol. The third-order valence-electron chi connectivity index (χ3n) is 4.10. The number of carbonyl (C=O) groups excluding carboxylic acids is 1. The first-order valence-electron chi connectivity index (χ1n) is 9.20. The summed E-state index contributed by atoms with van der Waals surface area (Å²) in [5.74, 6) is 0.664. The fourth-order valence-electron chi connectivity index (χ4n) is 2.64. The largest absolute Gasteiger partial charge is 0.349 e. The van der Waals surface area contributed by atoms with Gasteiger partial charge < -0.3 is 15.5 Å². The van der Waals surface area contributed by atoms with Crippen molar-refractivity contribution in [2.24, 2.45) is 0 Å². The van der Waals surface area contributed by atoms with Crippen molar-refractivity contribution in [1.82, 2.24) is 20.2 Å². The number of nitriles is 1. The van der Waals surface area contributed by atoms with Crippen LogP contribution in [0.4, 0.5) is 11.5 Å². The molecule has 3 aromatic rings. The van der Waals surface area contributed by atoms with Crippen LogP contribution in [-0.4, -0.2) is 48.0 Å². The second kappa shape index (κ2) is 9.44. The number of hydrogen-bond acceptors (Lipinski definition) is 6. The topological polar surface area (TPSA) is 93.9 Å². The first-order chi connectivity index (χ1) is 14.0. The molecule has 0 aliphatic heterocycles. The Morgan fingerprint density at radius 3 is 2.59 bits per heavy atom. The summed E-state index contributed by atoms with van der Waals surface area (Å²) < 4.78 is 0. The molecule has 0 aliphatic rings.